The molecule has 0 aromatic heterocycles. The zero-order valence-corrected chi connectivity index (χ0v) is 22.8. The first-order chi connectivity index (χ1) is 16.1. The van der Waals surface area contributed by atoms with Crippen molar-refractivity contribution in [3.63, 3.8) is 0 Å². The summed E-state index contributed by atoms with van der Waals surface area (Å²) in [4.78, 5) is 23.6. The van der Waals surface area contributed by atoms with Gasteiger partial charge >= 0.3 is 11.9 Å². The second kappa shape index (κ2) is 25.8. The Kier molecular flexibility index (Phi) is 25.1. The Labute approximate surface area is 207 Å². The number of rotatable bonds is 25. The molecule has 0 N–H and O–H groups in total. The minimum Gasteiger partial charge on any atom is -0.393 e. The minimum atomic E-state index is -0.330. The van der Waals surface area contributed by atoms with Crippen LogP contribution in [0.4, 0.5) is 0 Å². The van der Waals surface area contributed by atoms with Crippen LogP contribution in [0.15, 0.2) is 0 Å². The molecule has 33 heavy (non-hydrogen) atoms. The Morgan fingerprint density at radius 2 is 0.848 bits per heavy atom. The summed E-state index contributed by atoms with van der Waals surface area (Å²) in [5.74, 6) is 0.217. The molecule has 1 unspecified atom stereocenters. The summed E-state index contributed by atoms with van der Waals surface area (Å²) in [7, 11) is 0. The van der Waals surface area contributed by atoms with Crippen molar-refractivity contribution in [3.05, 3.63) is 0 Å². The second-order valence-corrected chi connectivity index (χ2v) is 10.4. The van der Waals surface area contributed by atoms with Gasteiger partial charge < -0.3 is 4.74 Å². The van der Waals surface area contributed by atoms with E-state index in [2.05, 4.69) is 20.8 Å². The van der Waals surface area contributed by atoms with Crippen LogP contribution in [0.5, 0.6) is 0 Å². The Balaban J connectivity index is 3.33. The van der Waals surface area contributed by atoms with Crippen LogP contribution in [0.2, 0.25) is 0 Å². The number of ether oxygens (including phenoxy) is 1. The first-order valence-corrected chi connectivity index (χ1v) is 14.8. The number of hydrogen-bond acceptors (Lipinski definition) is 3. The average molecular weight is 467 g/mol. The van der Waals surface area contributed by atoms with Gasteiger partial charge in [-0.15, -0.1) is 0 Å². The van der Waals surface area contributed by atoms with Crippen molar-refractivity contribution in [2.24, 2.45) is 5.92 Å². The molecular formula is C30H58O3. The molecule has 0 rings (SSSR count). The summed E-state index contributed by atoms with van der Waals surface area (Å²) in [6.45, 7) is 6.88. The molecule has 0 saturated carbocycles. The Morgan fingerprint density at radius 1 is 0.515 bits per heavy atom. The SMILES string of the molecule is CCCCCCCCCCCCCCC(=O)OC(=O)CCCCCCCCCCC(C)CC. The van der Waals surface area contributed by atoms with E-state index >= 15 is 0 Å². The van der Waals surface area contributed by atoms with E-state index in [0.717, 1.165) is 31.6 Å². The first-order valence-electron chi connectivity index (χ1n) is 14.8. The molecule has 0 fully saturated rings. The van der Waals surface area contributed by atoms with Gasteiger partial charge in [0.2, 0.25) is 0 Å². The number of hydrogen-bond donors (Lipinski definition) is 0. The number of unbranched alkanes of at least 4 members (excludes halogenated alkanes) is 18. The van der Waals surface area contributed by atoms with E-state index in [9.17, 15) is 9.59 Å². The molecular weight excluding hydrogens is 408 g/mol. The maximum absolute atomic E-state index is 11.8. The third-order valence-corrected chi connectivity index (χ3v) is 6.99. The second-order valence-electron chi connectivity index (χ2n) is 10.4. The van der Waals surface area contributed by atoms with Gasteiger partial charge in [-0.05, 0) is 18.8 Å². The Morgan fingerprint density at radius 3 is 1.21 bits per heavy atom. The van der Waals surface area contributed by atoms with E-state index in [1.54, 1.807) is 0 Å². The summed E-state index contributed by atoms with van der Waals surface area (Å²) in [5.41, 5.74) is 0. The van der Waals surface area contributed by atoms with Crippen LogP contribution in [0.25, 0.3) is 0 Å². The lowest BCUT2D eigenvalue weighted by Gasteiger charge is -2.07. The van der Waals surface area contributed by atoms with E-state index in [0.29, 0.717) is 12.8 Å². The highest BCUT2D eigenvalue weighted by molar-refractivity contribution is 5.85. The fourth-order valence-electron chi connectivity index (χ4n) is 4.37. The van der Waals surface area contributed by atoms with E-state index in [-0.39, 0.29) is 11.9 Å². The van der Waals surface area contributed by atoms with Gasteiger partial charge in [0.25, 0.3) is 0 Å². The largest absolute Gasteiger partial charge is 0.393 e. The van der Waals surface area contributed by atoms with Gasteiger partial charge in [0.15, 0.2) is 0 Å². The molecule has 3 nitrogen and oxygen atoms in total. The van der Waals surface area contributed by atoms with Crippen LogP contribution in [-0.2, 0) is 14.3 Å². The molecule has 0 spiro atoms. The van der Waals surface area contributed by atoms with Gasteiger partial charge in [0.1, 0.15) is 0 Å². The molecule has 3 heteroatoms. The highest BCUT2D eigenvalue weighted by Crippen LogP contribution is 2.16. The lowest BCUT2D eigenvalue weighted by Crippen LogP contribution is -2.11. The molecule has 0 saturated heterocycles. The molecule has 0 aliphatic heterocycles. The van der Waals surface area contributed by atoms with Crippen molar-refractivity contribution < 1.29 is 14.3 Å². The fourth-order valence-corrected chi connectivity index (χ4v) is 4.37. The Bertz CT molecular complexity index is 432. The first kappa shape index (κ1) is 32.1. The van der Waals surface area contributed by atoms with Crippen molar-refractivity contribution in [1.82, 2.24) is 0 Å². The lowest BCUT2D eigenvalue weighted by atomic mass is 9.99. The highest BCUT2D eigenvalue weighted by Gasteiger charge is 2.09. The number of carbonyl (C=O) groups excluding carboxylic acids is 2. The van der Waals surface area contributed by atoms with Crippen LogP contribution in [0.3, 0.4) is 0 Å². The highest BCUT2D eigenvalue weighted by atomic mass is 16.6. The van der Waals surface area contributed by atoms with Gasteiger partial charge in [0, 0.05) is 12.8 Å². The van der Waals surface area contributed by atoms with E-state index < -0.39 is 0 Å². The van der Waals surface area contributed by atoms with E-state index in [4.69, 9.17) is 4.74 Å². The molecule has 0 heterocycles. The summed E-state index contributed by atoms with van der Waals surface area (Å²) in [5, 5.41) is 0. The number of carbonyl (C=O) groups is 2. The van der Waals surface area contributed by atoms with Crippen LogP contribution in [-0.4, -0.2) is 11.9 Å². The maximum atomic E-state index is 11.8. The molecule has 0 aliphatic rings. The van der Waals surface area contributed by atoms with Crippen LogP contribution in [0, 0.1) is 5.92 Å². The predicted octanol–water partition coefficient (Wildman–Crippen LogP) is 10.1. The minimum absolute atomic E-state index is 0.329. The smallest absolute Gasteiger partial charge is 0.313 e. The van der Waals surface area contributed by atoms with Gasteiger partial charge in [-0.3, -0.25) is 9.59 Å². The quantitative estimate of drug-likeness (QED) is 0.0763. The van der Waals surface area contributed by atoms with Gasteiger partial charge in [0.05, 0.1) is 0 Å². The van der Waals surface area contributed by atoms with Gasteiger partial charge in [-0.1, -0.05) is 149 Å². The maximum Gasteiger partial charge on any atom is 0.313 e. The van der Waals surface area contributed by atoms with Crippen LogP contribution >= 0.6 is 0 Å². The summed E-state index contributed by atoms with van der Waals surface area (Å²) < 4.78 is 4.97. The lowest BCUT2D eigenvalue weighted by molar-refractivity contribution is -0.159. The summed E-state index contributed by atoms with van der Waals surface area (Å²) in [6.07, 6.45) is 28.5. The van der Waals surface area contributed by atoms with Crippen molar-refractivity contribution in [2.75, 3.05) is 0 Å². The topological polar surface area (TPSA) is 43.4 Å². The van der Waals surface area contributed by atoms with Crippen LogP contribution < -0.4 is 0 Å². The monoisotopic (exact) mass is 466 g/mol. The van der Waals surface area contributed by atoms with Crippen LogP contribution in [0.1, 0.15) is 175 Å². The normalized spacial score (nSPS) is 12.1. The summed E-state index contributed by atoms with van der Waals surface area (Å²) >= 11 is 0. The Hall–Kier alpha value is -0.860. The van der Waals surface area contributed by atoms with E-state index in [1.165, 1.54) is 116 Å². The third-order valence-electron chi connectivity index (χ3n) is 6.99. The fraction of sp³-hybridized carbons (Fsp3) is 0.933. The van der Waals surface area contributed by atoms with Gasteiger partial charge in [-0.2, -0.15) is 0 Å². The van der Waals surface area contributed by atoms with Crippen molar-refractivity contribution in [2.45, 2.75) is 175 Å². The standard InChI is InChI=1S/C30H58O3/c1-4-6-7-8-9-10-11-12-13-17-20-23-26-29(31)33-30(32)27-24-21-18-15-14-16-19-22-25-28(3)5-2/h28H,4-27H2,1-3H3. The molecule has 0 radical (unpaired) electrons. The number of esters is 2. The van der Waals surface area contributed by atoms with Gasteiger partial charge in [-0.25, -0.2) is 0 Å². The molecule has 1 atom stereocenters. The van der Waals surface area contributed by atoms with Crippen molar-refractivity contribution >= 4 is 11.9 Å². The molecule has 196 valence electrons. The average Bonchev–Trinajstić information content (AvgIpc) is 2.80. The van der Waals surface area contributed by atoms with Crippen molar-refractivity contribution in [3.8, 4) is 0 Å². The predicted molar refractivity (Wildman–Crippen MR) is 142 cm³/mol. The third kappa shape index (κ3) is 25.6. The van der Waals surface area contributed by atoms with E-state index in [1.807, 2.05) is 0 Å². The molecule has 0 aliphatic carbocycles. The van der Waals surface area contributed by atoms with Crippen molar-refractivity contribution in [1.29, 1.82) is 0 Å². The zero-order chi connectivity index (χ0) is 24.4. The summed E-state index contributed by atoms with van der Waals surface area (Å²) in [6, 6.07) is 0. The molecule has 0 amide bonds. The molecule has 0 aromatic rings. The molecule has 0 bridgehead atoms. The zero-order valence-electron chi connectivity index (χ0n) is 22.8. The molecule has 0 aromatic carbocycles.